The van der Waals surface area contributed by atoms with Gasteiger partial charge in [-0.25, -0.2) is 4.98 Å². The number of aliphatic imine (C=N–C) groups is 1. The number of aromatic nitrogens is 1. The summed E-state index contributed by atoms with van der Waals surface area (Å²) in [5, 5.41) is 6.86. The zero-order valence-electron chi connectivity index (χ0n) is 17.5. The molecule has 158 valence electrons. The number of hydrogen-bond donors (Lipinski definition) is 2. The third-order valence-corrected chi connectivity index (χ3v) is 5.07. The highest BCUT2D eigenvalue weighted by Crippen LogP contribution is 2.18. The number of hydrogen-bond acceptors (Lipinski definition) is 4. The molecule has 1 saturated heterocycles. The van der Waals surface area contributed by atoms with Gasteiger partial charge in [0.25, 0.3) is 0 Å². The summed E-state index contributed by atoms with van der Waals surface area (Å²) in [7, 11) is 1.80. The number of guanidine groups is 1. The molecule has 1 aromatic heterocycles. The van der Waals surface area contributed by atoms with Crippen molar-refractivity contribution in [3.05, 3.63) is 59.3 Å². The largest absolute Gasteiger partial charge is 0.378 e. The van der Waals surface area contributed by atoms with Gasteiger partial charge in [0.1, 0.15) is 5.82 Å². The highest BCUT2D eigenvalue weighted by molar-refractivity contribution is 14.0. The van der Waals surface area contributed by atoms with Crippen molar-refractivity contribution in [2.75, 3.05) is 44.8 Å². The lowest BCUT2D eigenvalue weighted by atomic mass is 10.0. The predicted molar refractivity (Wildman–Crippen MR) is 130 cm³/mol. The average Bonchev–Trinajstić information content (AvgIpc) is 2.75. The molecule has 1 fully saturated rings. The first-order chi connectivity index (χ1) is 13.7. The zero-order valence-corrected chi connectivity index (χ0v) is 19.8. The van der Waals surface area contributed by atoms with Crippen LogP contribution in [0.5, 0.6) is 0 Å². The first kappa shape index (κ1) is 23.4. The number of aryl methyl sites for hydroxylation is 1. The fourth-order valence-electron chi connectivity index (χ4n) is 3.29. The van der Waals surface area contributed by atoms with Gasteiger partial charge in [-0.1, -0.05) is 42.8 Å². The van der Waals surface area contributed by atoms with E-state index in [-0.39, 0.29) is 24.0 Å². The minimum Gasteiger partial charge on any atom is -0.378 e. The van der Waals surface area contributed by atoms with Gasteiger partial charge in [0.05, 0.1) is 13.2 Å². The molecule has 2 N–H and O–H groups in total. The van der Waals surface area contributed by atoms with E-state index in [1.807, 2.05) is 12.3 Å². The Morgan fingerprint density at radius 1 is 1.17 bits per heavy atom. The zero-order chi connectivity index (χ0) is 19.8. The molecule has 7 heteroatoms. The lowest BCUT2D eigenvalue weighted by Crippen LogP contribution is -2.40. The molecule has 3 rings (SSSR count). The molecule has 0 amide bonds. The number of rotatable bonds is 6. The van der Waals surface area contributed by atoms with Gasteiger partial charge in [-0.15, -0.1) is 24.0 Å². The summed E-state index contributed by atoms with van der Waals surface area (Å²) in [6, 6.07) is 12.8. The van der Waals surface area contributed by atoms with Crippen molar-refractivity contribution in [2.45, 2.75) is 26.3 Å². The number of nitrogens with one attached hydrogen (secondary N) is 2. The Balaban J connectivity index is 0.00000300. The summed E-state index contributed by atoms with van der Waals surface area (Å²) in [5.74, 6) is 2.24. The van der Waals surface area contributed by atoms with Crippen LogP contribution in [0.3, 0.4) is 0 Å². The highest BCUT2D eigenvalue weighted by atomic mass is 127. The molecule has 0 bridgehead atoms. The molecular weight excluding hydrogens is 477 g/mol. The Hall–Kier alpha value is -1.87. The summed E-state index contributed by atoms with van der Waals surface area (Å²) in [5.41, 5.74) is 3.78. The quantitative estimate of drug-likeness (QED) is 0.356. The van der Waals surface area contributed by atoms with E-state index >= 15 is 0 Å². The monoisotopic (exact) mass is 509 g/mol. The lowest BCUT2D eigenvalue weighted by molar-refractivity contribution is 0.122. The van der Waals surface area contributed by atoms with Gasteiger partial charge >= 0.3 is 0 Å². The highest BCUT2D eigenvalue weighted by Gasteiger charge is 2.16. The maximum absolute atomic E-state index is 5.46. The standard InChI is InChI=1S/C22H31N5O.HI/c1-17-6-8-19(9-7-17)18(2)15-25-22(23-3)26-16-20-5-4-10-24-21(20)27-11-13-28-14-12-27;/h4-10,18H,11-16H2,1-3H3,(H2,23,25,26);1H. The fraction of sp³-hybridized carbons (Fsp3) is 0.455. The van der Waals surface area contributed by atoms with Crippen LogP contribution in [0.1, 0.15) is 29.5 Å². The van der Waals surface area contributed by atoms with E-state index in [2.05, 4.69) is 69.7 Å². The average molecular weight is 509 g/mol. The van der Waals surface area contributed by atoms with Crippen molar-refractivity contribution >= 4 is 35.8 Å². The first-order valence-electron chi connectivity index (χ1n) is 9.95. The molecule has 1 atom stereocenters. The fourth-order valence-corrected chi connectivity index (χ4v) is 3.29. The van der Waals surface area contributed by atoms with Crippen LogP contribution >= 0.6 is 24.0 Å². The van der Waals surface area contributed by atoms with E-state index in [9.17, 15) is 0 Å². The molecule has 2 aromatic rings. The third-order valence-electron chi connectivity index (χ3n) is 5.07. The smallest absolute Gasteiger partial charge is 0.191 e. The number of morpholine rings is 1. The minimum absolute atomic E-state index is 0. The van der Waals surface area contributed by atoms with Crippen LogP contribution in [0.25, 0.3) is 0 Å². The Morgan fingerprint density at radius 2 is 1.90 bits per heavy atom. The minimum atomic E-state index is 0. The number of nitrogens with zero attached hydrogens (tertiary/aromatic N) is 3. The van der Waals surface area contributed by atoms with E-state index < -0.39 is 0 Å². The van der Waals surface area contributed by atoms with Gasteiger partial charge in [-0.3, -0.25) is 4.99 Å². The van der Waals surface area contributed by atoms with Gasteiger partial charge in [0.15, 0.2) is 5.96 Å². The Labute approximate surface area is 191 Å². The Bertz CT molecular complexity index is 775. The lowest BCUT2D eigenvalue weighted by Gasteiger charge is -2.29. The summed E-state index contributed by atoms with van der Waals surface area (Å²) in [4.78, 5) is 11.3. The summed E-state index contributed by atoms with van der Waals surface area (Å²) in [6.45, 7) is 9.11. The molecular formula is C22H32IN5O. The van der Waals surface area contributed by atoms with E-state index in [4.69, 9.17) is 4.74 Å². The van der Waals surface area contributed by atoms with Gasteiger partial charge in [0, 0.05) is 45.0 Å². The maximum Gasteiger partial charge on any atom is 0.191 e. The summed E-state index contributed by atoms with van der Waals surface area (Å²) >= 11 is 0. The van der Waals surface area contributed by atoms with Crippen LogP contribution in [-0.2, 0) is 11.3 Å². The molecule has 1 aromatic carbocycles. The maximum atomic E-state index is 5.46. The molecule has 2 heterocycles. The van der Waals surface area contributed by atoms with E-state index in [0.29, 0.717) is 12.5 Å². The Kier molecular flexibility index (Phi) is 9.66. The number of halogens is 1. The van der Waals surface area contributed by atoms with Crippen LogP contribution < -0.4 is 15.5 Å². The SMILES string of the molecule is CN=C(NCc1cccnc1N1CCOCC1)NCC(C)c1ccc(C)cc1.I. The number of pyridine rings is 1. The van der Waals surface area contributed by atoms with Gasteiger partial charge in [0.2, 0.25) is 0 Å². The van der Waals surface area contributed by atoms with Crippen molar-refractivity contribution in [1.82, 2.24) is 15.6 Å². The van der Waals surface area contributed by atoms with Crippen LogP contribution in [0.15, 0.2) is 47.6 Å². The first-order valence-corrected chi connectivity index (χ1v) is 9.95. The molecule has 0 radical (unpaired) electrons. The topological polar surface area (TPSA) is 61.8 Å². The molecule has 6 nitrogen and oxygen atoms in total. The van der Waals surface area contributed by atoms with Crippen molar-refractivity contribution in [2.24, 2.45) is 4.99 Å². The second-order valence-electron chi connectivity index (χ2n) is 7.20. The second-order valence-corrected chi connectivity index (χ2v) is 7.20. The number of anilines is 1. The van der Waals surface area contributed by atoms with Crippen molar-refractivity contribution < 1.29 is 4.74 Å². The van der Waals surface area contributed by atoms with Crippen LogP contribution in [-0.4, -0.2) is 50.8 Å². The van der Waals surface area contributed by atoms with Gasteiger partial charge in [-0.2, -0.15) is 0 Å². The molecule has 0 aliphatic carbocycles. The molecule has 1 aliphatic heterocycles. The third kappa shape index (κ3) is 6.85. The van der Waals surface area contributed by atoms with Crippen LogP contribution in [0.2, 0.25) is 0 Å². The van der Waals surface area contributed by atoms with Crippen LogP contribution in [0.4, 0.5) is 5.82 Å². The number of ether oxygens (including phenoxy) is 1. The van der Waals surface area contributed by atoms with Crippen molar-refractivity contribution in [1.29, 1.82) is 0 Å². The second kappa shape index (κ2) is 12.0. The van der Waals surface area contributed by atoms with Crippen molar-refractivity contribution in [3.63, 3.8) is 0 Å². The molecule has 1 unspecified atom stereocenters. The predicted octanol–water partition coefficient (Wildman–Crippen LogP) is 3.31. The molecule has 29 heavy (non-hydrogen) atoms. The Morgan fingerprint density at radius 3 is 2.59 bits per heavy atom. The van der Waals surface area contributed by atoms with E-state index in [0.717, 1.165) is 44.6 Å². The molecule has 1 aliphatic rings. The van der Waals surface area contributed by atoms with Gasteiger partial charge in [-0.05, 0) is 24.5 Å². The molecule has 0 spiro atoms. The normalized spacial score (nSPS) is 15.4. The number of benzene rings is 1. The molecule has 0 saturated carbocycles. The summed E-state index contributed by atoms with van der Waals surface area (Å²) < 4.78 is 5.46. The van der Waals surface area contributed by atoms with Crippen molar-refractivity contribution in [3.8, 4) is 0 Å². The summed E-state index contributed by atoms with van der Waals surface area (Å²) in [6.07, 6.45) is 1.85. The van der Waals surface area contributed by atoms with E-state index in [1.54, 1.807) is 7.05 Å². The van der Waals surface area contributed by atoms with E-state index in [1.165, 1.54) is 16.7 Å². The van der Waals surface area contributed by atoms with Crippen LogP contribution in [0, 0.1) is 6.92 Å². The van der Waals surface area contributed by atoms with Gasteiger partial charge < -0.3 is 20.3 Å².